The van der Waals surface area contributed by atoms with Crippen molar-refractivity contribution in [3.8, 4) is 0 Å². The number of carbonyl (C=O) groups is 4. The Bertz CT molecular complexity index is 780. The van der Waals surface area contributed by atoms with Gasteiger partial charge in [0.15, 0.2) is 6.61 Å². The number of likely N-dealkylation sites (tertiary alicyclic amines) is 1. The minimum absolute atomic E-state index is 0.0160. The molecule has 1 aromatic carbocycles. The van der Waals surface area contributed by atoms with E-state index in [-0.39, 0.29) is 36.6 Å². The number of fused-ring (bicyclic) bond motifs is 1. The molecule has 1 saturated carbocycles. The van der Waals surface area contributed by atoms with Crippen LogP contribution in [-0.2, 0) is 23.9 Å². The van der Waals surface area contributed by atoms with Crippen LogP contribution in [0, 0.1) is 25.7 Å². The number of aryl methyl sites for hydroxylation is 1. The van der Waals surface area contributed by atoms with Gasteiger partial charge in [-0.3, -0.25) is 24.1 Å². The Morgan fingerprint density at radius 1 is 1.11 bits per heavy atom. The van der Waals surface area contributed by atoms with Crippen molar-refractivity contribution in [1.29, 1.82) is 0 Å². The van der Waals surface area contributed by atoms with E-state index < -0.39 is 18.5 Å². The van der Waals surface area contributed by atoms with Crippen LogP contribution in [0.4, 0.5) is 5.69 Å². The Morgan fingerprint density at radius 3 is 2.39 bits per heavy atom. The van der Waals surface area contributed by atoms with E-state index in [1.165, 1.54) is 4.90 Å². The van der Waals surface area contributed by atoms with Crippen LogP contribution in [0.5, 0.6) is 0 Å². The summed E-state index contributed by atoms with van der Waals surface area (Å²) in [6.07, 6.45) is 3.31. The summed E-state index contributed by atoms with van der Waals surface area (Å²) in [5, 5.41) is 2.72. The largest absolute Gasteiger partial charge is 0.456 e. The number of amides is 3. The molecule has 3 amide bonds. The topological polar surface area (TPSA) is 92.8 Å². The van der Waals surface area contributed by atoms with Crippen LogP contribution in [-0.4, -0.2) is 41.7 Å². The van der Waals surface area contributed by atoms with Gasteiger partial charge < -0.3 is 10.1 Å². The van der Waals surface area contributed by atoms with Crippen molar-refractivity contribution in [3.63, 3.8) is 0 Å². The Balaban J connectivity index is 1.44. The van der Waals surface area contributed by atoms with Crippen LogP contribution in [0.15, 0.2) is 18.2 Å². The van der Waals surface area contributed by atoms with E-state index in [0.29, 0.717) is 5.69 Å². The zero-order valence-corrected chi connectivity index (χ0v) is 16.3. The van der Waals surface area contributed by atoms with Gasteiger partial charge in [-0.25, -0.2) is 0 Å². The lowest BCUT2D eigenvalue weighted by Gasteiger charge is -2.19. The second-order valence-corrected chi connectivity index (χ2v) is 7.53. The highest BCUT2D eigenvalue weighted by Crippen LogP contribution is 2.37. The Morgan fingerprint density at radius 2 is 1.75 bits per heavy atom. The molecule has 0 aromatic heterocycles. The zero-order chi connectivity index (χ0) is 20.3. The number of hydrogen-bond donors (Lipinski definition) is 1. The van der Waals surface area contributed by atoms with E-state index in [4.69, 9.17) is 4.74 Å². The molecule has 0 radical (unpaired) electrons. The van der Waals surface area contributed by atoms with Crippen LogP contribution < -0.4 is 5.32 Å². The number of nitrogens with one attached hydrogen (secondary N) is 1. The fourth-order valence-corrected chi connectivity index (χ4v) is 3.95. The molecule has 1 heterocycles. The van der Waals surface area contributed by atoms with Crippen LogP contribution in [0.1, 0.15) is 43.2 Å². The van der Waals surface area contributed by atoms with Gasteiger partial charge in [0.05, 0.1) is 18.3 Å². The lowest BCUT2D eigenvalue weighted by atomic mass is 9.81. The second kappa shape index (κ2) is 8.54. The first kappa shape index (κ1) is 20.0. The van der Waals surface area contributed by atoms with E-state index >= 15 is 0 Å². The fourth-order valence-electron chi connectivity index (χ4n) is 3.95. The first-order chi connectivity index (χ1) is 13.4. The third kappa shape index (κ3) is 4.24. The Hall–Kier alpha value is -2.70. The number of ether oxygens (including phenoxy) is 1. The molecule has 1 aliphatic carbocycles. The molecule has 1 aliphatic heterocycles. The van der Waals surface area contributed by atoms with Gasteiger partial charge in [-0.05, 0) is 43.9 Å². The van der Waals surface area contributed by atoms with Crippen LogP contribution in [0.3, 0.4) is 0 Å². The number of carbonyl (C=O) groups excluding carboxylic acids is 4. The van der Waals surface area contributed by atoms with Crippen molar-refractivity contribution in [1.82, 2.24) is 4.90 Å². The highest BCUT2D eigenvalue weighted by molar-refractivity contribution is 6.05. The number of benzene rings is 1. The minimum atomic E-state index is -0.605. The average molecular weight is 386 g/mol. The summed E-state index contributed by atoms with van der Waals surface area (Å²) < 4.78 is 4.99. The molecular formula is C21H26N2O5. The highest BCUT2D eigenvalue weighted by Gasteiger charge is 2.47. The summed E-state index contributed by atoms with van der Waals surface area (Å²) in [6, 6.07) is 5.57. The van der Waals surface area contributed by atoms with E-state index in [1.54, 1.807) is 6.07 Å². The lowest BCUT2D eigenvalue weighted by Crippen LogP contribution is -2.33. The molecule has 0 bridgehead atoms. The Kier molecular flexibility index (Phi) is 6.11. The molecule has 2 fully saturated rings. The predicted molar refractivity (Wildman–Crippen MR) is 102 cm³/mol. The second-order valence-electron chi connectivity index (χ2n) is 7.53. The molecule has 7 nitrogen and oxygen atoms in total. The molecule has 0 spiro atoms. The van der Waals surface area contributed by atoms with Crippen LogP contribution >= 0.6 is 0 Å². The van der Waals surface area contributed by atoms with E-state index in [0.717, 1.165) is 36.8 Å². The first-order valence-electron chi connectivity index (χ1n) is 9.75. The molecule has 150 valence electrons. The quantitative estimate of drug-likeness (QED) is 0.598. The number of rotatable bonds is 6. The lowest BCUT2D eigenvalue weighted by molar-refractivity contribution is -0.148. The van der Waals surface area contributed by atoms with E-state index in [1.807, 2.05) is 26.0 Å². The van der Waals surface area contributed by atoms with Gasteiger partial charge in [-0.15, -0.1) is 0 Å². The first-order valence-corrected chi connectivity index (χ1v) is 9.75. The summed E-state index contributed by atoms with van der Waals surface area (Å²) >= 11 is 0. The SMILES string of the molecule is Cc1cccc(NC(=O)COC(=O)CCN2C(=O)[C@H]3CCCC[C@H]3C2=O)c1C. The normalized spacial score (nSPS) is 21.4. The fraction of sp³-hybridized carbons (Fsp3) is 0.524. The van der Waals surface area contributed by atoms with Crippen LogP contribution in [0.25, 0.3) is 0 Å². The summed E-state index contributed by atoms with van der Waals surface area (Å²) in [7, 11) is 0. The molecule has 3 rings (SSSR count). The number of esters is 1. The zero-order valence-electron chi connectivity index (χ0n) is 16.3. The van der Waals surface area contributed by atoms with Gasteiger partial charge in [-0.1, -0.05) is 25.0 Å². The van der Waals surface area contributed by atoms with Crippen molar-refractivity contribution in [2.45, 2.75) is 46.0 Å². The van der Waals surface area contributed by atoms with Gasteiger partial charge >= 0.3 is 5.97 Å². The summed E-state index contributed by atoms with van der Waals surface area (Å²) in [5.74, 6) is -1.82. The average Bonchev–Trinajstić information content (AvgIpc) is 2.93. The van der Waals surface area contributed by atoms with Crippen molar-refractivity contribution in [2.24, 2.45) is 11.8 Å². The highest BCUT2D eigenvalue weighted by atomic mass is 16.5. The number of imide groups is 1. The van der Waals surface area contributed by atoms with Crippen LogP contribution in [0.2, 0.25) is 0 Å². The number of nitrogens with zero attached hydrogens (tertiary/aromatic N) is 1. The smallest absolute Gasteiger partial charge is 0.308 e. The van der Waals surface area contributed by atoms with Gasteiger partial charge in [0.1, 0.15) is 0 Å². The van der Waals surface area contributed by atoms with E-state index in [9.17, 15) is 19.2 Å². The molecule has 0 unspecified atom stereocenters. The third-order valence-corrected chi connectivity index (χ3v) is 5.71. The maximum absolute atomic E-state index is 12.4. The Labute approximate surface area is 164 Å². The maximum Gasteiger partial charge on any atom is 0.308 e. The summed E-state index contributed by atoms with van der Waals surface area (Å²) in [6.45, 7) is 3.46. The summed E-state index contributed by atoms with van der Waals surface area (Å²) in [5.41, 5.74) is 2.68. The number of anilines is 1. The molecule has 1 aromatic rings. The van der Waals surface area contributed by atoms with Gasteiger partial charge in [0, 0.05) is 12.2 Å². The van der Waals surface area contributed by atoms with Crippen molar-refractivity contribution >= 4 is 29.4 Å². The predicted octanol–water partition coefficient (Wildman–Crippen LogP) is 2.35. The molecule has 2 atom stereocenters. The third-order valence-electron chi connectivity index (χ3n) is 5.71. The van der Waals surface area contributed by atoms with Crippen molar-refractivity contribution < 1.29 is 23.9 Å². The maximum atomic E-state index is 12.4. The van der Waals surface area contributed by atoms with E-state index in [2.05, 4.69) is 5.32 Å². The summed E-state index contributed by atoms with van der Waals surface area (Å²) in [4.78, 5) is 49.9. The molecular weight excluding hydrogens is 360 g/mol. The van der Waals surface area contributed by atoms with Gasteiger partial charge in [-0.2, -0.15) is 0 Å². The van der Waals surface area contributed by atoms with Gasteiger partial charge in [0.2, 0.25) is 11.8 Å². The number of hydrogen-bond acceptors (Lipinski definition) is 5. The van der Waals surface area contributed by atoms with Gasteiger partial charge in [0.25, 0.3) is 5.91 Å². The molecule has 2 aliphatic rings. The molecule has 28 heavy (non-hydrogen) atoms. The minimum Gasteiger partial charge on any atom is -0.456 e. The van der Waals surface area contributed by atoms with Crippen molar-refractivity contribution in [2.75, 3.05) is 18.5 Å². The molecule has 7 heteroatoms. The standard InChI is InChI=1S/C21H26N2O5/c1-13-6-5-9-17(14(13)2)22-18(24)12-28-19(25)10-11-23-20(26)15-7-3-4-8-16(15)21(23)27/h5-6,9,15-16H,3-4,7-8,10-12H2,1-2H3,(H,22,24)/t15-,16+. The van der Waals surface area contributed by atoms with Crippen molar-refractivity contribution in [3.05, 3.63) is 29.3 Å². The molecule has 1 saturated heterocycles. The molecule has 1 N–H and O–H groups in total. The monoisotopic (exact) mass is 386 g/mol.